The van der Waals surface area contributed by atoms with Crippen LogP contribution in [-0.4, -0.2) is 13.2 Å². The van der Waals surface area contributed by atoms with Gasteiger partial charge in [-0.15, -0.1) is 0 Å². The molecule has 2 aromatic carbocycles. The average molecular weight is 401 g/mol. The molecule has 0 bridgehead atoms. The minimum absolute atomic E-state index is 0.208. The van der Waals surface area contributed by atoms with Crippen molar-refractivity contribution >= 4 is 21.6 Å². The average Bonchev–Trinajstić information content (AvgIpc) is 2.81. The molecule has 0 spiro atoms. The molecule has 1 heterocycles. The Bertz CT molecular complexity index is 758. The van der Waals surface area contributed by atoms with E-state index in [1.807, 2.05) is 30.3 Å². The molecule has 2 aromatic rings. The lowest BCUT2D eigenvalue weighted by atomic mass is 10.0. The number of nitrogens with one attached hydrogen (secondary N) is 1. The van der Waals surface area contributed by atoms with Crippen LogP contribution >= 0.6 is 15.9 Å². The van der Waals surface area contributed by atoms with Crippen LogP contribution in [-0.2, 0) is 0 Å². The van der Waals surface area contributed by atoms with E-state index in [2.05, 4.69) is 39.4 Å². The molecule has 1 aliphatic heterocycles. The van der Waals surface area contributed by atoms with Gasteiger partial charge in [-0.05, 0) is 43.5 Å². The number of hydrogen-bond donors (Lipinski definition) is 1. The van der Waals surface area contributed by atoms with Crippen molar-refractivity contribution in [1.82, 2.24) is 0 Å². The molecule has 1 unspecified atom stereocenters. The van der Waals surface area contributed by atoms with Gasteiger partial charge in [-0.2, -0.15) is 5.26 Å². The van der Waals surface area contributed by atoms with E-state index < -0.39 is 0 Å². The minimum atomic E-state index is 0.208. The van der Waals surface area contributed by atoms with Gasteiger partial charge in [0.25, 0.3) is 0 Å². The van der Waals surface area contributed by atoms with Gasteiger partial charge in [0.1, 0.15) is 11.5 Å². The summed E-state index contributed by atoms with van der Waals surface area (Å²) in [6, 6.07) is 16.5. The third-order valence-corrected chi connectivity index (χ3v) is 4.62. The zero-order chi connectivity index (χ0) is 17.5. The van der Waals surface area contributed by atoms with Crippen molar-refractivity contribution < 1.29 is 9.47 Å². The van der Waals surface area contributed by atoms with Crippen molar-refractivity contribution in [3.63, 3.8) is 0 Å². The van der Waals surface area contributed by atoms with Gasteiger partial charge >= 0.3 is 0 Å². The standard InChI is InChI=1S/C20H21BrN2O2/c21-15-8-9-18-19(7-4-12-25-20(18)13-15)23-16-5-3-6-17(14-16)24-11-2-1-10-22/h3,5-6,8-9,13-14,19,23H,1-2,4,7,11-12H2. The van der Waals surface area contributed by atoms with Gasteiger partial charge in [0, 0.05) is 28.2 Å². The van der Waals surface area contributed by atoms with Gasteiger partial charge in [-0.25, -0.2) is 0 Å². The van der Waals surface area contributed by atoms with Crippen molar-refractivity contribution in [3.05, 3.63) is 52.5 Å². The monoisotopic (exact) mass is 400 g/mol. The number of fused-ring (bicyclic) bond motifs is 1. The van der Waals surface area contributed by atoms with E-state index in [-0.39, 0.29) is 6.04 Å². The number of anilines is 1. The van der Waals surface area contributed by atoms with Gasteiger partial charge in [0.2, 0.25) is 0 Å². The molecule has 4 nitrogen and oxygen atoms in total. The molecule has 0 amide bonds. The lowest BCUT2D eigenvalue weighted by Crippen LogP contribution is -2.10. The van der Waals surface area contributed by atoms with Gasteiger partial charge in [0.15, 0.2) is 0 Å². The normalized spacial score (nSPS) is 16.1. The molecule has 1 atom stereocenters. The van der Waals surface area contributed by atoms with E-state index in [9.17, 15) is 0 Å². The van der Waals surface area contributed by atoms with Crippen LogP contribution in [0.2, 0.25) is 0 Å². The Morgan fingerprint density at radius 2 is 2.20 bits per heavy atom. The number of benzene rings is 2. The van der Waals surface area contributed by atoms with Crippen molar-refractivity contribution in [3.8, 4) is 17.6 Å². The summed E-state index contributed by atoms with van der Waals surface area (Å²) < 4.78 is 12.6. The topological polar surface area (TPSA) is 54.3 Å². The highest BCUT2D eigenvalue weighted by Crippen LogP contribution is 2.36. The molecule has 0 saturated heterocycles. The van der Waals surface area contributed by atoms with Crippen LogP contribution in [0, 0.1) is 11.3 Å². The first-order valence-corrected chi connectivity index (χ1v) is 9.34. The van der Waals surface area contributed by atoms with E-state index >= 15 is 0 Å². The Morgan fingerprint density at radius 1 is 1.28 bits per heavy atom. The fourth-order valence-corrected chi connectivity index (χ4v) is 3.25. The molecule has 0 radical (unpaired) electrons. The molecule has 130 valence electrons. The number of rotatable bonds is 6. The lowest BCUT2D eigenvalue weighted by Gasteiger charge is -2.20. The summed E-state index contributed by atoms with van der Waals surface area (Å²) in [6.07, 6.45) is 3.29. The SMILES string of the molecule is N#CCCCOc1cccc(NC2CCCOc3cc(Br)ccc32)c1. The number of halogens is 1. The van der Waals surface area contributed by atoms with Crippen molar-refractivity contribution in [2.24, 2.45) is 0 Å². The molecular weight excluding hydrogens is 380 g/mol. The second-order valence-electron chi connectivity index (χ2n) is 6.01. The smallest absolute Gasteiger partial charge is 0.125 e. The second-order valence-corrected chi connectivity index (χ2v) is 6.92. The van der Waals surface area contributed by atoms with Crippen molar-refractivity contribution in [1.29, 1.82) is 5.26 Å². The Hall–Kier alpha value is -2.19. The van der Waals surface area contributed by atoms with Crippen molar-refractivity contribution in [2.45, 2.75) is 31.7 Å². The largest absolute Gasteiger partial charge is 0.493 e. The summed E-state index contributed by atoms with van der Waals surface area (Å²) in [5.41, 5.74) is 2.21. The van der Waals surface area contributed by atoms with Crippen LogP contribution in [0.4, 0.5) is 5.69 Å². The lowest BCUT2D eigenvalue weighted by molar-refractivity contribution is 0.313. The quantitative estimate of drug-likeness (QED) is 0.654. The van der Waals surface area contributed by atoms with E-state index in [1.54, 1.807) is 0 Å². The summed E-state index contributed by atoms with van der Waals surface area (Å²) in [5.74, 6) is 1.76. The van der Waals surface area contributed by atoms with Gasteiger partial charge in [-0.1, -0.05) is 28.1 Å². The molecule has 0 aliphatic carbocycles. The number of ether oxygens (including phenoxy) is 2. The highest BCUT2D eigenvalue weighted by molar-refractivity contribution is 9.10. The van der Waals surface area contributed by atoms with Crippen LogP contribution in [0.25, 0.3) is 0 Å². The molecule has 1 N–H and O–H groups in total. The van der Waals surface area contributed by atoms with Crippen LogP contribution in [0.1, 0.15) is 37.3 Å². The molecule has 3 rings (SSSR count). The fraction of sp³-hybridized carbons (Fsp3) is 0.350. The second kappa shape index (κ2) is 8.77. The predicted molar refractivity (Wildman–Crippen MR) is 102 cm³/mol. The maximum Gasteiger partial charge on any atom is 0.125 e. The summed E-state index contributed by atoms with van der Waals surface area (Å²) >= 11 is 3.51. The number of unbranched alkanes of at least 4 members (excludes halogenated alkanes) is 1. The highest BCUT2D eigenvalue weighted by Gasteiger charge is 2.20. The number of hydrogen-bond acceptors (Lipinski definition) is 4. The number of nitrogens with zero attached hydrogens (tertiary/aromatic N) is 1. The molecule has 25 heavy (non-hydrogen) atoms. The first-order chi connectivity index (χ1) is 12.3. The summed E-state index contributed by atoms with van der Waals surface area (Å²) in [6.45, 7) is 1.30. The summed E-state index contributed by atoms with van der Waals surface area (Å²) in [4.78, 5) is 0. The molecule has 1 aliphatic rings. The van der Waals surface area contributed by atoms with E-state index in [0.29, 0.717) is 13.0 Å². The Kier molecular flexibility index (Phi) is 6.19. The van der Waals surface area contributed by atoms with E-state index in [1.165, 1.54) is 5.56 Å². The molecule has 0 aromatic heterocycles. The van der Waals surface area contributed by atoms with Gasteiger partial charge in [0.05, 0.1) is 25.3 Å². The van der Waals surface area contributed by atoms with Crippen LogP contribution < -0.4 is 14.8 Å². The van der Waals surface area contributed by atoms with E-state index in [0.717, 1.165) is 47.5 Å². The predicted octanol–water partition coefficient (Wildman–Crippen LogP) is 5.46. The third kappa shape index (κ3) is 4.90. The Morgan fingerprint density at radius 3 is 3.08 bits per heavy atom. The van der Waals surface area contributed by atoms with Gasteiger partial charge in [-0.3, -0.25) is 0 Å². The molecule has 0 saturated carbocycles. The Labute approximate surface area is 156 Å². The third-order valence-electron chi connectivity index (χ3n) is 4.12. The zero-order valence-electron chi connectivity index (χ0n) is 14.0. The summed E-state index contributed by atoms with van der Waals surface area (Å²) in [5, 5.41) is 12.2. The zero-order valence-corrected chi connectivity index (χ0v) is 15.6. The highest BCUT2D eigenvalue weighted by atomic mass is 79.9. The molecule has 5 heteroatoms. The van der Waals surface area contributed by atoms with Crippen LogP contribution in [0.3, 0.4) is 0 Å². The maximum atomic E-state index is 8.58. The van der Waals surface area contributed by atoms with Crippen LogP contribution in [0.5, 0.6) is 11.5 Å². The first-order valence-electron chi connectivity index (χ1n) is 8.55. The van der Waals surface area contributed by atoms with Gasteiger partial charge < -0.3 is 14.8 Å². The molecule has 0 fully saturated rings. The fourth-order valence-electron chi connectivity index (χ4n) is 2.91. The maximum absolute atomic E-state index is 8.58. The molecular formula is C20H21BrN2O2. The Balaban J connectivity index is 1.71. The van der Waals surface area contributed by atoms with Crippen molar-refractivity contribution in [2.75, 3.05) is 18.5 Å². The van der Waals surface area contributed by atoms with Crippen LogP contribution in [0.15, 0.2) is 46.9 Å². The minimum Gasteiger partial charge on any atom is -0.493 e. The number of nitriles is 1. The van der Waals surface area contributed by atoms with E-state index in [4.69, 9.17) is 14.7 Å². The summed E-state index contributed by atoms with van der Waals surface area (Å²) in [7, 11) is 0. The first kappa shape index (κ1) is 17.6.